The Labute approximate surface area is 120 Å². The number of hydrogen-bond donors (Lipinski definition) is 1. The minimum atomic E-state index is -0.942. The third-order valence-corrected chi connectivity index (χ3v) is 3.88. The lowest BCUT2D eigenvalue weighted by Crippen LogP contribution is -2.39. The van der Waals surface area contributed by atoms with E-state index >= 15 is 0 Å². The summed E-state index contributed by atoms with van der Waals surface area (Å²) in [5.41, 5.74) is 1.61. The van der Waals surface area contributed by atoms with Crippen molar-refractivity contribution in [3.63, 3.8) is 0 Å². The highest BCUT2D eigenvalue weighted by molar-refractivity contribution is 5.91. The molecule has 0 bridgehead atoms. The maximum Gasteiger partial charge on any atom is 0.339 e. The SMILES string of the molecule is COc1ccc(CN2CCCC(C)(C)C2)cc1C(=O)O. The predicted octanol–water partition coefficient (Wildman–Crippen LogP) is 3.02. The van der Waals surface area contributed by atoms with Crippen LogP contribution in [0, 0.1) is 5.41 Å². The minimum absolute atomic E-state index is 0.237. The first-order chi connectivity index (χ1) is 9.41. The molecule has 1 aliphatic rings. The Bertz CT molecular complexity index is 496. The first-order valence-corrected chi connectivity index (χ1v) is 7.04. The van der Waals surface area contributed by atoms with Gasteiger partial charge < -0.3 is 9.84 Å². The van der Waals surface area contributed by atoms with Crippen LogP contribution in [0.3, 0.4) is 0 Å². The van der Waals surface area contributed by atoms with E-state index in [1.165, 1.54) is 20.0 Å². The summed E-state index contributed by atoms with van der Waals surface area (Å²) in [6.07, 6.45) is 2.46. The lowest BCUT2D eigenvalue weighted by Gasteiger charge is -2.38. The molecule has 1 aromatic rings. The number of nitrogens with zero attached hydrogens (tertiary/aromatic N) is 1. The fourth-order valence-electron chi connectivity index (χ4n) is 2.96. The van der Waals surface area contributed by atoms with Gasteiger partial charge in [-0.25, -0.2) is 4.79 Å². The van der Waals surface area contributed by atoms with Gasteiger partial charge in [-0.3, -0.25) is 4.90 Å². The Hall–Kier alpha value is -1.55. The van der Waals surface area contributed by atoms with E-state index in [9.17, 15) is 9.90 Å². The summed E-state index contributed by atoms with van der Waals surface area (Å²) in [6.45, 7) is 7.51. The van der Waals surface area contributed by atoms with Gasteiger partial charge in [0, 0.05) is 13.1 Å². The van der Waals surface area contributed by atoms with Crippen LogP contribution < -0.4 is 4.74 Å². The Balaban J connectivity index is 2.13. The standard InChI is InChI=1S/C16H23NO3/c1-16(2)7-4-8-17(11-16)10-12-5-6-14(20-3)13(9-12)15(18)19/h5-6,9H,4,7-8,10-11H2,1-3H3,(H,18,19). The number of rotatable bonds is 4. The number of carboxylic acid groups (broad SMARTS) is 1. The van der Waals surface area contributed by atoms with Crippen molar-refractivity contribution in [3.8, 4) is 5.75 Å². The van der Waals surface area contributed by atoms with Crippen LogP contribution in [-0.4, -0.2) is 36.2 Å². The number of hydrogen-bond acceptors (Lipinski definition) is 3. The molecule has 4 nitrogen and oxygen atoms in total. The maximum atomic E-state index is 11.2. The predicted molar refractivity (Wildman–Crippen MR) is 78.2 cm³/mol. The molecule has 2 rings (SSSR count). The fraction of sp³-hybridized carbons (Fsp3) is 0.562. The van der Waals surface area contributed by atoms with Gasteiger partial charge in [0.2, 0.25) is 0 Å². The smallest absolute Gasteiger partial charge is 0.339 e. The van der Waals surface area contributed by atoms with Gasteiger partial charge in [0.05, 0.1) is 7.11 Å². The topological polar surface area (TPSA) is 49.8 Å². The average molecular weight is 277 g/mol. The van der Waals surface area contributed by atoms with Crippen molar-refractivity contribution < 1.29 is 14.6 Å². The van der Waals surface area contributed by atoms with E-state index in [2.05, 4.69) is 18.7 Å². The molecule has 1 fully saturated rings. The Kier molecular flexibility index (Phi) is 4.33. The van der Waals surface area contributed by atoms with E-state index in [1.54, 1.807) is 12.1 Å². The van der Waals surface area contributed by atoms with Gasteiger partial charge in [-0.2, -0.15) is 0 Å². The summed E-state index contributed by atoms with van der Waals surface area (Å²) in [5.74, 6) is -0.525. The highest BCUT2D eigenvalue weighted by Crippen LogP contribution is 2.29. The minimum Gasteiger partial charge on any atom is -0.496 e. The van der Waals surface area contributed by atoms with Gasteiger partial charge >= 0.3 is 5.97 Å². The molecule has 1 heterocycles. The van der Waals surface area contributed by atoms with Crippen molar-refractivity contribution in [2.45, 2.75) is 33.2 Å². The van der Waals surface area contributed by atoms with Crippen LogP contribution in [0.25, 0.3) is 0 Å². The van der Waals surface area contributed by atoms with Crippen LogP contribution in [0.5, 0.6) is 5.75 Å². The molecule has 110 valence electrons. The highest BCUT2D eigenvalue weighted by Gasteiger charge is 2.26. The Morgan fingerprint density at radius 3 is 2.80 bits per heavy atom. The van der Waals surface area contributed by atoms with Crippen molar-refractivity contribution in [1.29, 1.82) is 0 Å². The number of benzene rings is 1. The second-order valence-electron chi connectivity index (χ2n) is 6.32. The third-order valence-electron chi connectivity index (χ3n) is 3.88. The van der Waals surface area contributed by atoms with Crippen LogP contribution in [0.1, 0.15) is 42.6 Å². The summed E-state index contributed by atoms with van der Waals surface area (Å²) >= 11 is 0. The molecule has 0 radical (unpaired) electrons. The second kappa shape index (κ2) is 5.83. The average Bonchev–Trinajstić information content (AvgIpc) is 2.37. The molecule has 1 aromatic carbocycles. The van der Waals surface area contributed by atoms with E-state index in [0.717, 1.165) is 25.2 Å². The molecule has 1 saturated heterocycles. The fourth-order valence-corrected chi connectivity index (χ4v) is 2.96. The van der Waals surface area contributed by atoms with Crippen molar-refractivity contribution >= 4 is 5.97 Å². The lowest BCUT2D eigenvalue weighted by atomic mass is 9.84. The van der Waals surface area contributed by atoms with Crippen molar-refractivity contribution in [1.82, 2.24) is 4.90 Å². The summed E-state index contributed by atoms with van der Waals surface area (Å²) in [7, 11) is 1.49. The number of likely N-dealkylation sites (tertiary alicyclic amines) is 1. The van der Waals surface area contributed by atoms with Crippen LogP contribution in [0.2, 0.25) is 0 Å². The zero-order valence-electron chi connectivity index (χ0n) is 12.5. The molecule has 0 aliphatic carbocycles. The van der Waals surface area contributed by atoms with Gasteiger partial charge in [0.25, 0.3) is 0 Å². The molecular formula is C16H23NO3. The quantitative estimate of drug-likeness (QED) is 0.919. The number of methoxy groups -OCH3 is 1. The van der Waals surface area contributed by atoms with Gasteiger partial charge in [-0.05, 0) is 42.5 Å². The largest absolute Gasteiger partial charge is 0.496 e. The summed E-state index contributed by atoms with van der Waals surface area (Å²) < 4.78 is 5.09. The molecule has 0 spiro atoms. The summed E-state index contributed by atoms with van der Waals surface area (Å²) in [5, 5.41) is 9.22. The number of carboxylic acids is 1. The number of piperidine rings is 1. The van der Waals surface area contributed by atoms with E-state index in [4.69, 9.17) is 4.74 Å². The van der Waals surface area contributed by atoms with E-state index in [0.29, 0.717) is 11.2 Å². The summed E-state index contributed by atoms with van der Waals surface area (Å²) in [4.78, 5) is 13.6. The first kappa shape index (κ1) is 14.9. The number of ether oxygens (including phenoxy) is 1. The molecule has 0 aromatic heterocycles. The van der Waals surface area contributed by atoms with Gasteiger partial charge in [0.15, 0.2) is 0 Å². The molecule has 1 N–H and O–H groups in total. The number of aromatic carboxylic acids is 1. The molecule has 4 heteroatoms. The van der Waals surface area contributed by atoms with E-state index in [-0.39, 0.29) is 5.56 Å². The molecule has 0 atom stereocenters. The Morgan fingerprint density at radius 1 is 1.45 bits per heavy atom. The van der Waals surface area contributed by atoms with Crippen LogP contribution >= 0.6 is 0 Å². The van der Waals surface area contributed by atoms with Crippen molar-refractivity contribution in [2.75, 3.05) is 20.2 Å². The van der Waals surface area contributed by atoms with Crippen molar-refractivity contribution in [2.24, 2.45) is 5.41 Å². The van der Waals surface area contributed by atoms with Crippen molar-refractivity contribution in [3.05, 3.63) is 29.3 Å². The Morgan fingerprint density at radius 2 is 2.20 bits per heavy atom. The first-order valence-electron chi connectivity index (χ1n) is 7.04. The highest BCUT2D eigenvalue weighted by atomic mass is 16.5. The molecule has 20 heavy (non-hydrogen) atoms. The maximum absolute atomic E-state index is 11.2. The van der Waals surface area contributed by atoms with Gasteiger partial charge in [-0.1, -0.05) is 19.9 Å². The van der Waals surface area contributed by atoms with Crippen LogP contribution in [0.4, 0.5) is 0 Å². The van der Waals surface area contributed by atoms with Gasteiger partial charge in [-0.15, -0.1) is 0 Å². The summed E-state index contributed by atoms with van der Waals surface area (Å²) in [6, 6.07) is 5.42. The zero-order valence-corrected chi connectivity index (χ0v) is 12.5. The van der Waals surface area contributed by atoms with E-state index < -0.39 is 5.97 Å². The molecule has 1 aliphatic heterocycles. The van der Waals surface area contributed by atoms with Crippen LogP contribution in [-0.2, 0) is 6.54 Å². The van der Waals surface area contributed by atoms with E-state index in [1.807, 2.05) is 6.07 Å². The monoisotopic (exact) mass is 277 g/mol. The molecular weight excluding hydrogens is 254 g/mol. The zero-order chi connectivity index (χ0) is 14.8. The molecule has 0 amide bonds. The normalized spacial score (nSPS) is 18.8. The van der Waals surface area contributed by atoms with Gasteiger partial charge in [0.1, 0.15) is 11.3 Å². The third kappa shape index (κ3) is 3.51. The molecule has 0 saturated carbocycles. The van der Waals surface area contributed by atoms with Crippen LogP contribution in [0.15, 0.2) is 18.2 Å². The molecule has 0 unspecified atom stereocenters. The lowest BCUT2D eigenvalue weighted by molar-refractivity contribution is 0.0692. The number of carbonyl (C=O) groups is 1. The second-order valence-corrected chi connectivity index (χ2v) is 6.32.